The number of carbonyl (C=O) groups is 4. The number of nitrogens with one attached hydrogen (secondary N) is 3. The third kappa shape index (κ3) is 8.95. The molecule has 0 saturated heterocycles. The van der Waals surface area contributed by atoms with E-state index in [2.05, 4.69) is 20.9 Å². The van der Waals surface area contributed by atoms with Crippen LogP contribution in [0.5, 0.6) is 0 Å². The minimum absolute atomic E-state index is 0.0270. The Bertz CT molecular complexity index is 1280. The highest BCUT2D eigenvalue weighted by Crippen LogP contribution is 2.44. The molecule has 12 nitrogen and oxygen atoms in total. The molecule has 12 heteroatoms. The van der Waals surface area contributed by atoms with Crippen molar-refractivity contribution in [2.75, 3.05) is 6.61 Å². The van der Waals surface area contributed by atoms with Crippen molar-refractivity contribution in [2.24, 2.45) is 4.99 Å². The van der Waals surface area contributed by atoms with Crippen molar-refractivity contribution >= 4 is 30.2 Å². The second-order valence-corrected chi connectivity index (χ2v) is 11.8. The van der Waals surface area contributed by atoms with Crippen LogP contribution in [0.25, 0.3) is 11.1 Å². The van der Waals surface area contributed by atoms with Gasteiger partial charge in [0.25, 0.3) is 0 Å². The Balaban J connectivity index is 1.73. The molecule has 3 amide bonds. The number of carboxylic acid groups (broad SMARTS) is 1. The fourth-order valence-electron chi connectivity index (χ4n) is 4.32. The molecule has 1 aliphatic carbocycles. The van der Waals surface area contributed by atoms with Gasteiger partial charge in [-0.15, -0.1) is 0 Å². The predicted octanol–water partition coefficient (Wildman–Crippen LogP) is 4.77. The number of hydrogen-bond acceptors (Lipinski definition) is 8. The number of nitrogens with zero attached hydrogens (tertiary/aromatic N) is 1. The Kier molecular flexibility index (Phi) is 9.82. The molecule has 0 bridgehead atoms. The number of fused-ring (bicyclic) bond motifs is 3. The summed E-state index contributed by atoms with van der Waals surface area (Å²) in [6.45, 7) is 11.2. The standard InChI is InChI=1S/C30H38N4O8/c1-17(31-26(37)40-16-22-20-14-10-8-12-18(20)19-13-9-11-15-21(19)22)23(24(35)36)32-25(33-27(38)41-29(2,3)4)34-28(39)42-30(5,6)7/h8-15,17,22-23H,16H2,1-7H3,(H,31,37)(H,35,36)(H2,32,33,34,38,39)/t17-,23-/m1/s1. The van der Waals surface area contributed by atoms with E-state index < -0.39 is 53.5 Å². The van der Waals surface area contributed by atoms with Crippen LogP contribution < -0.4 is 16.0 Å². The summed E-state index contributed by atoms with van der Waals surface area (Å²) in [4.78, 5) is 53.6. The lowest BCUT2D eigenvalue weighted by atomic mass is 9.98. The lowest BCUT2D eigenvalue weighted by molar-refractivity contribution is -0.139. The number of carbonyl (C=O) groups excluding carboxylic acids is 3. The number of amides is 3. The van der Waals surface area contributed by atoms with Crippen molar-refractivity contribution in [1.82, 2.24) is 16.0 Å². The minimum atomic E-state index is -1.63. The molecule has 1 aliphatic rings. The maximum Gasteiger partial charge on any atom is 0.414 e. The molecule has 2 aromatic carbocycles. The van der Waals surface area contributed by atoms with Crippen LogP contribution in [0.15, 0.2) is 53.5 Å². The molecule has 4 N–H and O–H groups in total. The highest BCUT2D eigenvalue weighted by atomic mass is 16.6. The highest BCUT2D eigenvalue weighted by Gasteiger charge is 2.31. The predicted molar refractivity (Wildman–Crippen MR) is 155 cm³/mol. The molecule has 0 radical (unpaired) electrons. The first-order valence-corrected chi connectivity index (χ1v) is 13.5. The summed E-state index contributed by atoms with van der Waals surface area (Å²) in [5.41, 5.74) is 2.42. The summed E-state index contributed by atoms with van der Waals surface area (Å²) in [6.07, 6.45) is -2.83. The van der Waals surface area contributed by atoms with Gasteiger partial charge in [0.05, 0.1) is 6.04 Å². The fraction of sp³-hybridized carbons (Fsp3) is 0.433. The molecule has 42 heavy (non-hydrogen) atoms. The quantitative estimate of drug-likeness (QED) is 0.215. The second kappa shape index (κ2) is 12.9. The molecule has 0 unspecified atom stereocenters. The molecule has 0 saturated carbocycles. The van der Waals surface area contributed by atoms with E-state index in [-0.39, 0.29) is 12.5 Å². The van der Waals surface area contributed by atoms with Crippen LogP contribution in [0.1, 0.15) is 65.5 Å². The number of rotatable bonds is 6. The van der Waals surface area contributed by atoms with Gasteiger partial charge in [-0.1, -0.05) is 48.5 Å². The smallest absolute Gasteiger partial charge is 0.414 e. The SMILES string of the molecule is C[C@@H](NC(=O)OCC1c2ccccc2-c2ccccc21)[C@@H](N=C(NC(=O)OC(C)(C)C)NC(=O)OC(C)(C)C)C(=O)O. The first kappa shape index (κ1) is 31.9. The largest absolute Gasteiger partial charge is 0.480 e. The van der Waals surface area contributed by atoms with E-state index in [1.54, 1.807) is 41.5 Å². The maximum absolute atomic E-state index is 12.8. The van der Waals surface area contributed by atoms with Crippen molar-refractivity contribution in [3.8, 4) is 11.1 Å². The van der Waals surface area contributed by atoms with Crippen LogP contribution in [0.4, 0.5) is 14.4 Å². The summed E-state index contributed by atoms with van der Waals surface area (Å²) in [7, 11) is 0. The van der Waals surface area contributed by atoms with Gasteiger partial charge >= 0.3 is 24.2 Å². The molecule has 0 aliphatic heterocycles. The van der Waals surface area contributed by atoms with Gasteiger partial charge in [-0.25, -0.2) is 24.2 Å². The first-order valence-electron chi connectivity index (χ1n) is 13.5. The zero-order chi connectivity index (χ0) is 31.2. The van der Waals surface area contributed by atoms with E-state index in [4.69, 9.17) is 14.2 Å². The second-order valence-electron chi connectivity index (χ2n) is 11.8. The normalized spacial score (nSPS) is 13.9. The number of benzene rings is 2. The molecular weight excluding hydrogens is 544 g/mol. The Labute approximate surface area is 244 Å². The Morgan fingerprint density at radius 1 is 0.810 bits per heavy atom. The monoisotopic (exact) mass is 582 g/mol. The van der Waals surface area contributed by atoms with Crippen LogP contribution in [-0.4, -0.2) is 65.2 Å². The van der Waals surface area contributed by atoms with Crippen molar-refractivity contribution < 1.29 is 38.5 Å². The topological polar surface area (TPSA) is 165 Å². The Morgan fingerprint density at radius 2 is 1.26 bits per heavy atom. The van der Waals surface area contributed by atoms with Gasteiger partial charge in [0, 0.05) is 5.92 Å². The molecule has 2 atom stereocenters. The van der Waals surface area contributed by atoms with E-state index in [0.29, 0.717) is 0 Å². The maximum atomic E-state index is 12.8. The van der Waals surface area contributed by atoms with E-state index in [9.17, 15) is 24.3 Å². The number of ether oxygens (including phenoxy) is 3. The number of hydrogen-bond donors (Lipinski definition) is 4. The summed E-state index contributed by atoms with van der Waals surface area (Å²) >= 11 is 0. The third-order valence-electron chi connectivity index (χ3n) is 5.92. The van der Waals surface area contributed by atoms with Gasteiger partial charge in [-0.3, -0.25) is 10.6 Å². The number of aliphatic carboxylic acids is 1. The highest BCUT2D eigenvalue weighted by molar-refractivity contribution is 6.02. The third-order valence-corrected chi connectivity index (χ3v) is 5.92. The number of alkyl carbamates (subject to hydrolysis) is 3. The first-order chi connectivity index (χ1) is 19.5. The number of aliphatic imine (C=N–C) groups is 1. The molecule has 0 aromatic heterocycles. The Morgan fingerprint density at radius 3 is 1.69 bits per heavy atom. The minimum Gasteiger partial charge on any atom is -0.480 e. The zero-order valence-electron chi connectivity index (χ0n) is 24.8. The summed E-state index contributed by atoms with van der Waals surface area (Å²) in [6, 6.07) is 13.0. The van der Waals surface area contributed by atoms with Gasteiger partial charge in [-0.2, -0.15) is 0 Å². The zero-order valence-corrected chi connectivity index (χ0v) is 24.8. The summed E-state index contributed by atoms with van der Waals surface area (Å²) in [5, 5.41) is 16.8. The van der Waals surface area contributed by atoms with Crippen molar-refractivity contribution in [2.45, 2.75) is 77.7 Å². The van der Waals surface area contributed by atoms with Gasteiger partial charge in [0.2, 0.25) is 5.96 Å². The van der Waals surface area contributed by atoms with Crippen molar-refractivity contribution in [3.05, 3.63) is 59.7 Å². The average Bonchev–Trinajstić information content (AvgIpc) is 3.17. The van der Waals surface area contributed by atoms with Crippen molar-refractivity contribution in [3.63, 3.8) is 0 Å². The van der Waals surface area contributed by atoms with Crippen LogP contribution >= 0.6 is 0 Å². The molecule has 226 valence electrons. The van der Waals surface area contributed by atoms with Crippen LogP contribution in [-0.2, 0) is 19.0 Å². The number of guanidine groups is 1. The summed E-state index contributed by atoms with van der Waals surface area (Å²) < 4.78 is 15.9. The Hall–Kier alpha value is -4.61. The van der Waals surface area contributed by atoms with E-state index in [1.165, 1.54) is 6.92 Å². The number of carboxylic acids is 1. The molecule has 0 fully saturated rings. The molecular formula is C30H38N4O8. The fourth-order valence-corrected chi connectivity index (χ4v) is 4.32. The van der Waals surface area contributed by atoms with E-state index in [0.717, 1.165) is 22.3 Å². The van der Waals surface area contributed by atoms with Crippen molar-refractivity contribution in [1.29, 1.82) is 0 Å². The lowest BCUT2D eigenvalue weighted by Crippen LogP contribution is -2.50. The lowest BCUT2D eigenvalue weighted by Gasteiger charge is -2.23. The molecule has 0 spiro atoms. The van der Waals surface area contributed by atoms with Gasteiger partial charge in [0.15, 0.2) is 6.04 Å². The van der Waals surface area contributed by atoms with Crippen LogP contribution in [0.3, 0.4) is 0 Å². The molecule has 3 rings (SSSR count). The summed E-state index contributed by atoms with van der Waals surface area (Å²) in [5.74, 6) is -2.16. The molecule has 2 aromatic rings. The van der Waals surface area contributed by atoms with E-state index >= 15 is 0 Å². The van der Waals surface area contributed by atoms with Crippen LogP contribution in [0.2, 0.25) is 0 Å². The average molecular weight is 583 g/mol. The molecule has 0 heterocycles. The van der Waals surface area contributed by atoms with Gasteiger partial charge < -0.3 is 24.6 Å². The van der Waals surface area contributed by atoms with Gasteiger partial charge in [-0.05, 0) is 70.7 Å². The van der Waals surface area contributed by atoms with Gasteiger partial charge in [0.1, 0.15) is 17.8 Å². The van der Waals surface area contributed by atoms with E-state index in [1.807, 2.05) is 48.5 Å². The van der Waals surface area contributed by atoms with Crippen LogP contribution in [0, 0.1) is 0 Å².